The Labute approximate surface area is 157 Å². The van der Waals surface area contributed by atoms with Crippen LogP contribution in [0.1, 0.15) is 22.8 Å². The summed E-state index contributed by atoms with van der Waals surface area (Å²) in [6.07, 6.45) is 1.55. The number of nitrogens with one attached hydrogen (secondary N) is 2. The van der Waals surface area contributed by atoms with Gasteiger partial charge in [0.25, 0.3) is 5.91 Å². The highest BCUT2D eigenvalue weighted by Gasteiger charge is 2.11. The zero-order valence-electron chi connectivity index (χ0n) is 14.8. The second-order valence-corrected chi connectivity index (χ2v) is 5.60. The molecular weight excluding hydrogens is 340 g/mol. The lowest BCUT2D eigenvalue weighted by molar-refractivity contribution is 0.102. The molecule has 1 amide bonds. The molecule has 0 radical (unpaired) electrons. The number of carbonyl (C=O) groups is 1. The third kappa shape index (κ3) is 4.41. The SMILES string of the molecule is CCOc1ccccc1Nc1cc(C(=O)Nc2ccccc2C#N)ccn1. The smallest absolute Gasteiger partial charge is 0.255 e. The molecule has 6 nitrogen and oxygen atoms in total. The Bertz CT molecular complexity index is 995. The van der Waals surface area contributed by atoms with Crippen molar-refractivity contribution in [2.24, 2.45) is 0 Å². The van der Waals surface area contributed by atoms with E-state index in [0.717, 1.165) is 5.69 Å². The number of carbonyl (C=O) groups excluding carboxylic acids is 1. The molecule has 0 saturated carbocycles. The lowest BCUT2D eigenvalue weighted by Gasteiger charge is -2.12. The predicted octanol–water partition coefficient (Wildman–Crippen LogP) is 4.35. The minimum absolute atomic E-state index is 0.318. The molecule has 3 rings (SSSR count). The summed E-state index contributed by atoms with van der Waals surface area (Å²) in [5.74, 6) is 0.907. The highest BCUT2D eigenvalue weighted by atomic mass is 16.5. The van der Waals surface area contributed by atoms with E-state index < -0.39 is 0 Å². The fourth-order valence-corrected chi connectivity index (χ4v) is 2.51. The van der Waals surface area contributed by atoms with Gasteiger partial charge in [0.05, 0.1) is 23.5 Å². The first-order chi connectivity index (χ1) is 13.2. The first-order valence-corrected chi connectivity index (χ1v) is 8.46. The van der Waals surface area contributed by atoms with E-state index in [1.54, 1.807) is 42.6 Å². The van der Waals surface area contributed by atoms with Crippen molar-refractivity contribution >= 4 is 23.1 Å². The van der Waals surface area contributed by atoms with Crippen LogP contribution in [0.3, 0.4) is 0 Å². The van der Waals surface area contributed by atoms with Crippen molar-refractivity contribution in [3.05, 3.63) is 78.0 Å². The Kier molecular flexibility index (Phi) is 5.65. The number of hydrogen-bond acceptors (Lipinski definition) is 5. The van der Waals surface area contributed by atoms with Gasteiger partial charge in [-0.15, -0.1) is 0 Å². The highest BCUT2D eigenvalue weighted by Crippen LogP contribution is 2.27. The van der Waals surface area contributed by atoms with Gasteiger partial charge in [-0.1, -0.05) is 24.3 Å². The Morgan fingerprint density at radius 3 is 2.63 bits per heavy atom. The summed E-state index contributed by atoms with van der Waals surface area (Å²) in [4.78, 5) is 16.8. The van der Waals surface area contributed by atoms with E-state index >= 15 is 0 Å². The molecule has 0 bridgehead atoms. The Morgan fingerprint density at radius 1 is 1.11 bits per heavy atom. The Morgan fingerprint density at radius 2 is 1.85 bits per heavy atom. The molecule has 0 atom stereocenters. The molecule has 3 aromatic rings. The van der Waals surface area contributed by atoms with E-state index in [9.17, 15) is 4.79 Å². The highest BCUT2D eigenvalue weighted by molar-refractivity contribution is 6.05. The van der Waals surface area contributed by atoms with Gasteiger partial charge >= 0.3 is 0 Å². The number of nitrogens with zero attached hydrogens (tertiary/aromatic N) is 2. The van der Waals surface area contributed by atoms with Gasteiger partial charge < -0.3 is 15.4 Å². The van der Waals surface area contributed by atoms with E-state index in [1.807, 2.05) is 31.2 Å². The molecular formula is C21H18N4O2. The summed E-state index contributed by atoms with van der Waals surface area (Å²) in [6.45, 7) is 2.46. The molecule has 2 aromatic carbocycles. The number of aromatic nitrogens is 1. The van der Waals surface area contributed by atoms with Crippen molar-refractivity contribution in [1.82, 2.24) is 4.98 Å². The van der Waals surface area contributed by atoms with Crippen molar-refractivity contribution in [2.45, 2.75) is 6.92 Å². The third-order valence-corrected chi connectivity index (χ3v) is 3.77. The van der Waals surface area contributed by atoms with Gasteiger partial charge in [-0.25, -0.2) is 4.98 Å². The van der Waals surface area contributed by atoms with Crippen molar-refractivity contribution in [3.63, 3.8) is 0 Å². The van der Waals surface area contributed by atoms with Crippen LogP contribution in [0.25, 0.3) is 0 Å². The number of rotatable bonds is 6. The zero-order chi connectivity index (χ0) is 19.1. The average Bonchev–Trinajstić information content (AvgIpc) is 2.70. The molecule has 0 aliphatic carbocycles. The van der Waals surface area contributed by atoms with Crippen LogP contribution in [0.5, 0.6) is 5.75 Å². The monoisotopic (exact) mass is 358 g/mol. The van der Waals surface area contributed by atoms with Crippen molar-refractivity contribution < 1.29 is 9.53 Å². The number of nitriles is 1. The van der Waals surface area contributed by atoms with Crippen LogP contribution in [0.15, 0.2) is 66.9 Å². The van der Waals surface area contributed by atoms with Crippen LogP contribution >= 0.6 is 0 Å². The number of ether oxygens (including phenoxy) is 1. The fourth-order valence-electron chi connectivity index (χ4n) is 2.51. The van der Waals surface area contributed by atoms with E-state index in [1.165, 1.54) is 0 Å². The standard InChI is InChI=1S/C21H18N4O2/c1-2-27-19-10-6-5-9-18(19)24-20-13-15(11-12-23-20)21(26)25-17-8-4-3-7-16(17)14-22/h3-13H,2H2,1H3,(H,23,24)(H,25,26). The number of amides is 1. The topological polar surface area (TPSA) is 87.0 Å². The summed E-state index contributed by atoms with van der Waals surface area (Å²) in [7, 11) is 0. The number of anilines is 3. The third-order valence-electron chi connectivity index (χ3n) is 3.77. The lowest BCUT2D eigenvalue weighted by Crippen LogP contribution is -2.13. The molecule has 0 spiro atoms. The molecule has 0 aliphatic heterocycles. The number of pyridine rings is 1. The van der Waals surface area contributed by atoms with E-state index in [-0.39, 0.29) is 5.91 Å². The van der Waals surface area contributed by atoms with Crippen LogP contribution in [0, 0.1) is 11.3 Å². The molecule has 2 N–H and O–H groups in total. The molecule has 1 heterocycles. The minimum Gasteiger partial charge on any atom is -0.492 e. The lowest BCUT2D eigenvalue weighted by atomic mass is 10.1. The van der Waals surface area contributed by atoms with Crippen molar-refractivity contribution in [2.75, 3.05) is 17.2 Å². The quantitative estimate of drug-likeness (QED) is 0.684. The maximum Gasteiger partial charge on any atom is 0.255 e. The van der Waals surface area contributed by atoms with Crippen molar-refractivity contribution in [3.8, 4) is 11.8 Å². The van der Waals surface area contributed by atoms with Crippen molar-refractivity contribution in [1.29, 1.82) is 5.26 Å². The number of hydrogen-bond donors (Lipinski definition) is 2. The van der Waals surface area contributed by atoms with Gasteiger partial charge in [0.1, 0.15) is 17.6 Å². The van der Waals surface area contributed by atoms with Crippen LogP contribution in [-0.2, 0) is 0 Å². The van der Waals surface area contributed by atoms with Crippen LogP contribution in [-0.4, -0.2) is 17.5 Å². The normalized spacial score (nSPS) is 9.93. The molecule has 134 valence electrons. The average molecular weight is 358 g/mol. The molecule has 0 saturated heterocycles. The first kappa shape index (κ1) is 18.0. The van der Waals surface area contributed by atoms with E-state index in [0.29, 0.717) is 35.0 Å². The molecule has 0 unspecified atom stereocenters. The van der Waals surface area contributed by atoms with Gasteiger partial charge in [0.2, 0.25) is 0 Å². The van der Waals surface area contributed by atoms with Gasteiger partial charge in [-0.05, 0) is 43.3 Å². The maximum atomic E-state index is 12.6. The van der Waals surface area contributed by atoms with E-state index in [2.05, 4.69) is 21.7 Å². The molecule has 1 aromatic heterocycles. The van der Waals surface area contributed by atoms with Gasteiger partial charge in [-0.2, -0.15) is 5.26 Å². The second-order valence-electron chi connectivity index (χ2n) is 5.60. The number of para-hydroxylation sites is 3. The number of benzene rings is 2. The van der Waals surface area contributed by atoms with Gasteiger partial charge in [0, 0.05) is 11.8 Å². The largest absolute Gasteiger partial charge is 0.492 e. The Hall–Kier alpha value is -3.85. The summed E-state index contributed by atoms with van der Waals surface area (Å²) in [5.41, 5.74) is 2.07. The molecule has 6 heteroatoms. The second kappa shape index (κ2) is 8.50. The summed E-state index contributed by atoms with van der Waals surface area (Å²) < 4.78 is 5.59. The van der Waals surface area contributed by atoms with Crippen LogP contribution in [0.2, 0.25) is 0 Å². The molecule has 0 aliphatic rings. The molecule has 27 heavy (non-hydrogen) atoms. The fraction of sp³-hybridized carbons (Fsp3) is 0.0952. The zero-order valence-corrected chi connectivity index (χ0v) is 14.8. The van der Waals surface area contributed by atoms with Gasteiger partial charge in [0.15, 0.2) is 0 Å². The van der Waals surface area contributed by atoms with Crippen LogP contribution in [0.4, 0.5) is 17.2 Å². The first-order valence-electron chi connectivity index (χ1n) is 8.46. The maximum absolute atomic E-state index is 12.6. The Balaban J connectivity index is 1.80. The van der Waals surface area contributed by atoms with E-state index in [4.69, 9.17) is 10.00 Å². The minimum atomic E-state index is -0.318. The summed E-state index contributed by atoms with van der Waals surface area (Å²) in [5, 5.41) is 15.1. The predicted molar refractivity (Wildman–Crippen MR) is 104 cm³/mol. The summed E-state index contributed by atoms with van der Waals surface area (Å²) in [6, 6.07) is 19.7. The van der Waals surface area contributed by atoms with Crippen LogP contribution < -0.4 is 15.4 Å². The van der Waals surface area contributed by atoms with Gasteiger partial charge in [-0.3, -0.25) is 4.79 Å². The molecule has 0 fully saturated rings. The summed E-state index contributed by atoms with van der Waals surface area (Å²) >= 11 is 0.